The lowest BCUT2D eigenvalue weighted by Crippen LogP contribution is -2.63. The second-order valence-electron chi connectivity index (χ2n) is 13.1. The van der Waals surface area contributed by atoms with Crippen molar-refractivity contribution in [2.24, 2.45) is 23.5 Å². The fourth-order valence-electron chi connectivity index (χ4n) is 8.15. The third-order valence-electron chi connectivity index (χ3n) is 10.1. The number of carbonyl (C=O) groups excluding carboxylic acids is 3. The molecule has 1 aromatic carbocycles. The number of aliphatic hydroxyl groups is 3. The van der Waals surface area contributed by atoms with E-state index in [1.165, 1.54) is 12.8 Å². The number of phenolic OH excluding ortho intramolecular Hbond substituents is 1. The average Bonchev–Trinajstić information content (AvgIpc) is 3.59. The summed E-state index contributed by atoms with van der Waals surface area (Å²) in [5, 5.41) is 45.7. The summed E-state index contributed by atoms with van der Waals surface area (Å²) in [6.45, 7) is 2.00. The van der Waals surface area contributed by atoms with Gasteiger partial charge in [0.15, 0.2) is 11.4 Å². The van der Waals surface area contributed by atoms with Gasteiger partial charge in [0.1, 0.15) is 22.8 Å². The fourth-order valence-corrected chi connectivity index (χ4v) is 8.15. The summed E-state index contributed by atoms with van der Waals surface area (Å²) in [6, 6.07) is 0.762. The highest BCUT2D eigenvalue weighted by atomic mass is 16.3. The van der Waals surface area contributed by atoms with Gasteiger partial charge in [-0.1, -0.05) is 0 Å². The minimum absolute atomic E-state index is 0.0509. The third-order valence-corrected chi connectivity index (χ3v) is 10.1. The zero-order chi connectivity index (χ0) is 30.4. The van der Waals surface area contributed by atoms with Crippen LogP contribution in [0.4, 0.5) is 5.69 Å². The van der Waals surface area contributed by atoms with Crippen LogP contribution < -0.4 is 10.6 Å². The molecule has 0 aromatic heterocycles. The van der Waals surface area contributed by atoms with E-state index in [9.17, 15) is 34.8 Å². The van der Waals surface area contributed by atoms with Crippen molar-refractivity contribution in [2.45, 2.75) is 56.2 Å². The Morgan fingerprint density at radius 3 is 2.40 bits per heavy atom. The van der Waals surface area contributed by atoms with Gasteiger partial charge in [-0.15, -0.1) is 0 Å². The average molecular weight is 581 g/mol. The number of rotatable bonds is 6. The van der Waals surface area contributed by atoms with Crippen molar-refractivity contribution in [1.29, 1.82) is 0 Å². The zero-order valence-corrected chi connectivity index (χ0v) is 24.6. The highest BCUT2D eigenvalue weighted by Gasteiger charge is 2.63. The summed E-state index contributed by atoms with van der Waals surface area (Å²) in [5.74, 6) is -5.68. The lowest BCUT2D eigenvalue weighted by atomic mass is 9.58. The molecular formula is C31H40N4O7. The van der Waals surface area contributed by atoms with E-state index in [2.05, 4.69) is 4.90 Å². The molecule has 42 heavy (non-hydrogen) atoms. The van der Waals surface area contributed by atoms with Crippen LogP contribution in [-0.4, -0.2) is 101 Å². The minimum atomic E-state index is -2.64. The van der Waals surface area contributed by atoms with E-state index < -0.39 is 58.0 Å². The molecule has 6 N–H and O–H groups in total. The van der Waals surface area contributed by atoms with Gasteiger partial charge >= 0.3 is 0 Å². The molecule has 1 amide bonds. The Labute approximate surface area is 244 Å². The number of primary amides is 1. The lowest BCUT2D eigenvalue weighted by molar-refractivity contribution is -0.148. The number of hydrogen-bond acceptors (Lipinski definition) is 10. The molecule has 1 heterocycles. The van der Waals surface area contributed by atoms with Crippen LogP contribution in [0.5, 0.6) is 5.75 Å². The fraction of sp³-hybridized carbons (Fsp3) is 0.581. The number of hydrogen-bond donors (Lipinski definition) is 5. The lowest BCUT2D eigenvalue weighted by Gasteiger charge is -2.50. The Morgan fingerprint density at radius 2 is 1.81 bits per heavy atom. The molecule has 0 bridgehead atoms. The predicted molar refractivity (Wildman–Crippen MR) is 154 cm³/mol. The molecular weight excluding hydrogens is 540 g/mol. The molecule has 11 nitrogen and oxygen atoms in total. The van der Waals surface area contributed by atoms with Crippen molar-refractivity contribution in [3.8, 4) is 5.75 Å². The number of aromatic hydroxyl groups is 1. The first-order valence-electron chi connectivity index (χ1n) is 14.7. The number of likely N-dealkylation sites (N-methyl/N-ethyl adjacent to an activating group) is 1. The van der Waals surface area contributed by atoms with Crippen LogP contribution >= 0.6 is 0 Å². The van der Waals surface area contributed by atoms with Gasteiger partial charge < -0.3 is 31.1 Å². The molecule has 1 saturated heterocycles. The maximum Gasteiger partial charge on any atom is 0.255 e. The topological polar surface area (TPSA) is 168 Å². The van der Waals surface area contributed by atoms with Crippen LogP contribution in [0.1, 0.15) is 59.6 Å². The first-order valence-corrected chi connectivity index (χ1v) is 14.7. The molecule has 4 aliphatic carbocycles. The molecule has 1 saturated carbocycles. The van der Waals surface area contributed by atoms with Crippen LogP contribution in [-0.2, 0) is 16.0 Å². The van der Waals surface area contributed by atoms with Gasteiger partial charge in [0, 0.05) is 43.9 Å². The van der Waals surface area contributed by atoms with Crippen LogP contribution in [0.15, 0.2) is 28.7 Å². The van der Waals surface area contributed by atoms with Crippen LogP contribution in [0.25, 0.3) is 0 Å². The van der Waals surface area contributed by atoms with Crippen molar-refractivity contribution in [1.82, 2.24) is 9.80 Å². The molecule has 2 fully saturated rings. The smallest absolute Gasteiger partial charge is 0.255 e. The van der Waals surface area contributed by atoms with Crippen LogP contribution in [0, 0.1) is 17.8 Å². The second kappa shape index (κ2) is 9.82. The summed E-state index contributed by atoms with van der Waals surface area (Å²) in [5.41, 5.74) is 4.39. The molecule has 1 aliphatic heterocycles. The Bertz CT molecular complexity index is 1460. The first-order chi connectivity index (χ1) is 19.8. The molecule has 5 atom stereocenters. The highest BCUT2D eigenvalue weighted by Crippen LogP contribution is 2.54. The quantitative estimate of drug-likeness (QED) is 0.313. The zero-order valence-electron chi connectivity index (χ0n) is 24.6. The maximum absolute atomic E-state index is 14.1. The van der Waals surface area contributed by atoms with E-state index in [1.807, 2.05) is 19.0 Å². The number of nitrogens with zero attached hydrogens (tertiary/aromatic N) is 3. The number of aliphatic hydroxyl groups excluding tert-OH is 2. The number of carbonyl (C=O) groups is 3. The number of anilines is 1. The molecule has 226 valence electrons. The third kappa shape index (κ3) is 4.00. The standard InChI is InChI=1S/C31H40N4O7/c1-33(2)24-16(19-6-5-9-35(19)13-14-7-8-14)12-20(36)22-17(24)10-15-11-18-25(34(3)4)27(38)23(30(32)41)29(40)31(18,42)28(39)21(15)26(22)37/h12,14-15,18-19,25,36,38-39,42H,5-11,13H2,1-4H3,(H2,32,41)/t15-,18-,19?,25-,31-/m0/s1. The number of nitrogens with two attached hydrogens (primary N) is 1. The summed E-state index contributed by atoms with van der Waals surface area (Å²) < 4.78 is 0. The van der Waals surface area contributed by atoms with Gasteiger partial charge in [0.2, 0.25) is 5.78 Å². The molecule has 6 rings (SSSR count). The number of ketones is 2. The van der Waals surface area contributed by atoms with Gasteiger partial charge in [-0.2, -0.15) is 0 Å². The molecule has 0 spiro atoms. The molecule has 5 aliphatic rings. The Morgan fingerprint density at radius 1 is 1.12 bits per heavy atom. The van der Waals surface area contributed by atoms with Crippen LogP contribution in [0.3, 0.4) is 0 Å². The summed E-state index contributed by atoms with van der Waals surface area (Å²) in [7, 11) is 7.08. The van der Waals surface area contributed by atoms with Crippen LogP contribution in [0.2, 0.25) is 0 Å². The normalized spacial score (nSPS) is 31.4. The van der Waals surface area contributed by atoms with E-state index in [1.54, 1.807) is 25.1 Å². The van der Waals surface area contributed by atoms with E-state index in [-0.39, 0.29) is 35.8 Å². The molecule has 1 aromatic rings. The molecule has 1 unspecified atom stereocenters. The number of allylic oxidation sites excluding steroid dienone is 1. The number of fused-ring (bicyclic) bond motifs is 3. The van der Waals surface area contributed by atoms with Gasteiger partial charge in [0.25, 0.3) is 5.91 Å². The van der Waals surface area contributed by atoms with E-state index in [4.69, 9.17) is 5.73 Å². The number of likely N-dealkylation sites (tertiary alicyclic amines) is 1. The summed E-state index contributed by atoms with van der Waals surface area (Å²) >= 11 is 0. The Balaban J connectivity index is 1.50. The summed E-state index contributed by atoms with van der Waals surface area (Å²) in [6.07, 6.45) is 4.83. The van der Waals surface area contributed by atoms with Gasteiger partial charge in [-0.05, 0) is 88.2 Å². The highest BCUT2D eigenvalue weighted by molar-refractivity contribution is 6.24. The maximum atomic E-state index is 14.1. The van der Waals surface area contributed by atoms with Crippen molar-refractivity contribution >= 4 is 23.2 Å². The van der Waals surface area contributed by atoms with Gasteiger partial charge in [-0.25, -0.2) is 0 Å². The van der Waals surface area contributed by atoms with E-state index in [0.29, 0.717) is 11.5 Å². The Hall–Kier alpha value is -3.41. The first kappa shape index (κ1) is 28.7. The molecule has 0 radical (unpaired) electrons. The number of amides is 1. The largest absolute Gasteiger partial charge is 0.510 e. The molecule has 11 heteroatoms. The second-order valence-corrected chi connectivity index (χ2v) is 13.1. The van der Waals surface area contributed by atoms with Gasteiger partial charge in [0.05, 0.1) is 11.6 Å². The minimum Gasteiger partial charge on any atom is -0.510 e. The van der Waals surface area contributed by atoms with Crippen molar-refractivity contribution < 1.29 is 34.8 Å². The predicted octanol–water partition coefficient (Wildman–Crippen LogP) is 1.73. The van der Waals surface area contributed by atoms with E-state index >= 15 is 0 Å². The Kier molecular flexibility index (Phi) is 6.71. The summed E-state index contributed by atoms with van der Waals surface area (Å²) in [4.78, 5) is 45.8. The van der Waals surface area contributed by atoms with Gasteiger partial charge in [-0.3, -0.25) is 24.2 Å². The SMILES string of the molecule is CN(C)c1c(C2CCCN2CC2CC2)cc(O)c2c1C[C@H]1C[C@H]3[C@H](N(C)C)C(O)=C(C(N)=O)C(=O)[C@@]3(O)C(O)=C1C2=O. The van der Waals surface area contributed by atoms with Crippen molar-refractivity contribution in [3.05, 3.63) is 45.4 Å². The monoisotopic (exact) mass is 580 g/mol. The number of benzene rings is 1. The number of phenols is 1. The van der Waals surface area contributed by atoms with E-state index in [0.717, 1.165) is 37.2 Å². The van der Waals surface area contributed by atoms with Crippen molar-refractivity contribution in [2.75, 3.05) is 46.2 Å². The van der Waals surface area contributed by atoms with Crippen molar-refractivity contribution in [3.63, 3.8) is 0 Å². The number of Topliss-reactive ketones (excluding diaryl/α,β-unsaturated/α-hetero) is 2.